The van der Waals surface area contributed by atoms with Gasteiger partial charge in [-0.2, -0.15) is 5.10 Å². The molecule has 6 heteroatoms. The summed E-state index contributed by atoms with van der Waals surface area (Å²) in [6.07, 6.45) is 3.66. The molecule has 0 fully saturated rings. The Balaban J connectivity index is 1.50. The fourth-order valence-corrected chi connectivity index (χ4v) is 2.82. The van der Waals surface area contributed by atoms with Crippen LogP contribution in [0.5, 0.6) is 11.5 Å². The third-order valence-electron chi connectivity index (χ3n) is 4.44. The summed E-state index contributed by atoms with van der Waals surface area (Å²) in [5, 5.41) is 4.74. The first-order chi connectivity index (χ1) is 15.1. The number of nitrogens with zero attached hydrogens (tertiary/aromatic N) is 1. The second-order valence-electron chi connectivity index (χ2n) is 6.91. The zero-order valence-electron chi connectivity index (χ0n) is 17.4. The molecule has 1 N–H and O–H groups in total. The van der Waals surface area contributed by atoms with Gasteiger partial charge in [-0.15, -0.1) is 0 Å². The van der Waals surface area contributed by atoms with Gasteiger partial charge in [-0.05, 0) is 66.1 Å². The van der Waals surface area contributed by atoms with Crippen molar-refractivity contribution in [3.05, 3.63) is 94.5 Å². The van der Waals surface area contributed by atoms with Crippen LogP contribution in [0.1, 0.15) is 41.3 Å². The Morgan fingerprint density at radius 3 is 2.52 bits per heavy atom. The third kappa shape index (κ3) is 7.46. The Bertz CT molecular complexity index is 1000. The van der Waals surface area contributed by atoms with Crippen molar-refractivity contribution in [2.45, 2.75) is 26.4 Å². The van der Waals surface area contributed by atoms with Crippen LogP contribution < -0.4 is 14.9 Å². The number of halogens is 1. The van der Waals surface area contributed by atoms with Crippen LogP contribution in [0.15, 0.2) is 77.9 Å². The molecule has 5 nitrogen and oxygen atoms in total. The average molecular weight is 437 g/mol. The van der Waals surface area contributed by atoms with Crippen LogP contribution in [-0.2, 0) is 6.61 Å². The molecule has 0 aliphatic heterocycles. The molecule has 0 saturated carbocycles. The lowest BCUT2D eigenvalue weighted by atomic mass is 10.2. The molecule has 31 heavy (non-hydrogen) atoms. The van der Waals surface area contributed by atoms with E-state index in [2.05, 4.69) is 17.5 Å². The molecule has 0 aromatic heterocycles. The van der Waals surface area contributed by atoms with Crippen molar-refractivity contribution in [3.8, 4) is 11.5 Å². The number of ether oxygens (including phenoxy) is 2. The van der Waals surface area contributed by atoms with Crippen LogP contribution in [0.3, 0.4) is 0 Å². The molecule has 0 heterocycles. The van der Waals surface area contributed by atoms with Gasteiger partial charge in [0.15, 0.2) is 0 Å². The number of benzene rings is 3. The van der Waals surface area contributed by atoms with Gasteiger partial charge >= 0.3 is 0 Å². The highest BCUT2D eigenvalue weighted by molar-refractivity contribution is 6.30. The van der Waals surface area contributed by atoms with Gasteiger partial charge < -0.3 is 9.47 Å². The van der Waals surface area contributed by atoms with E-state index in [1.165, 1.54) is 0 Å². The Labute approximate surface area is 187 Å². The number of nitrogens with one attached hydrogen (secondary N) is 1. The summed E-state index contributed by atoms with van der Waals surface area (Å²) in [6.45, 7) is 3.23. The monoisotopic (exact) mass is 436 g/mol. The number of hydrazone groups is 1. The van der Waals surface area contributed by atoms with Crippen molar-refractivity contribution in [2.75, 3.05) is 6.61 Å². The van der Waals surface area contributed by atoms with E-state index in [4.69, 9.17) is 21.1 Å². The highest BCUT2D eigenvalue weighted by Crippen LogP contribution is 2.16. The van der Waals surface area contributed by atoms with E-state index < -0.39 is 0 Å². The van der Waals surface area contributed by atoms with Crippen molar-refractivity contribution in [2.24, 2.45) is 5.10 Å². The van der Waals surface area contributed by atoms with Gasteiger partial charge in [0.2, 0.25) is 0 Å². The molecule has 0 atom stereocenters. The van der Waals surface area contributed by atoms with E-state index in [-0.39, 0.29) is 5.91 Å². The molecule has 3 rings (SSSR count). The van der Waals surface area contributed by atoms with Crippen LogP contribution in [0, 0.1) is 0 Å². The highest BCUT2D eigenvalue weighted by Gasteiger charge is 2.04. The van der Waals surface area contributed by atoms with Crippen LogP contribution in [-0.4, -0.2) is 18.7 Å². The molecular weight excluding hydrogens is 412 g/mol. The summed E-state index contributed by atoms with van der Waals surface area (Å²) in [4.78, 5) is 12.3. The maximum atomic E-state index is 12.3. The molecule has 0 saturated heterocycles. The molecule has 0 unspecified atom stereocenters. The molecule has 0 aliphatic carbocycles. The van der Waals surface area contributed by atoms with Crippen LogP contribution in [0.2, 0.25) is 5.02 Å². The minimum absolute atomic E-state index is 0.286. The van der Waals surface area contributed by atoms with Crippen LogP contribution >= 0.6 is 11.6 Å². The molecular formula is C25H25ClN2O3. The first-order valence-corrected chi connectivity index (χ1v) is 10.6. The number of hydrogen-bond acceptors (Lipinski definition) is 4. The minimum Gasteiger partial charge on any atom is -0.494 e. The van der Waals surface area contributed by atoms with Gasteiger partial charge in [0.05, 0.1) is 12.8 Å². The van der Waals surface area contributed by atoms with E-state index in [0.717, 1.165) is 29.7 Å². The molecule has 0 radical (unpaired) electrons. The summed E-state index contributed by atoms with van der Waals surface area (Å²) in [5.41, 5.74) is 4.89. The number of carbonyl (C=O) groups excluding carboxylic acids is 1. The number of unbranched alkanes of at least 4 members (excludes halogenated alkanes) is 1. The number of hydrogen-bond donors (Lipinski definition) is 1. The predicted octanol–water partition coefficient (Wildman–Crippen LogP) is 5.86. The Morgan fingerprint density at radius 2 is 1.77 bits per heavy atom. The van der Waals surface area contributed by atoms with E-state index in [1.54, 1.807) is 30.5 Å². The van der Waals surface area contributed by atoms with E-state index in [0.29, 0.717) is 29.5 Å². The smallest absolute Gasteiger partial charge is 0.271 e. The van der Waals surface area contributed by atoms with Crippen molar-refractivity contribution >= 4 is 23.7 Å². The molecule has 160 valence electrons. The zero-order chi connectivity index (χ0) is 21.9. The molecule has 3 aromatic carbocycles. The van der Waals surface area contributed by atoms with Gasteiger partial charge in [0, 0.05) is 10.6 Å². The van der Waals surface area contributed by atoms with E-state index in [1.807, 2.05) is 48.5 Å². The van der Waals surface area contributed by atoms with E-state index >= 15 is 0 Å². The normalized spacial score (nSPS) is 10.8. The zero-order valence-corrected chi connectivity index (χ0v) is 18.1. The van der Waals surface area contributed by atoms with Gasteiger partial charge in [-0.3, -0.25) is 4.79 Å². The van der Waals surface area contributed by atoms with Crippen LogP contribution in [0.4, 0.5) is 0 Å². The SMILES string of the molecule is CCCCOc1ccc(C(=O)N/N=C\c2cccc(OCc3ccc(Cl)cc3)c2)cc1. The Kier molecular flexibility index (Phi) is 8.49. The molecule has 0 spiro atoms. The number of rotatable bonds is 10. The minimum atomic E-state index is -0.286. The largest absolute Gasteiger partial charge is 0.494 e. The summed E-state index contributed by atoms with van der Waals surface area (Å²) in [6, 6.07) is 22.0. The third-order valence-corrected chi connectivity index (χ3v) is 4.69. The van der Waals surface area contributed by atoms with Crippen LogP contribution in [0.25, 0.3) is 0 Å². The standard InChI is InChI=1S/C25H25ClN2O3/c1-2-3-15-30-23-13-9-21(10-14-23)25(29)28-27-17-20-5-4-6-24(16-20)31-18-19-7-11-22(26)12-8-19/h4-14,16-17H,2-3,15,18H2,1H3,(H,28,29)/b27-17-. The fourth-order valence-electron chi connectivity index (χ4n) is 2.70. The first kappa shape index (κ1) is 22.4. The lowest BCUT2D eigenvalue weighted by Crippen LogP contribution is -2.17. The Hall–Kier alpha value is -3.31. The maximum absolute atomic E-state index is 12.3. The summed E-state index contributed by atoms with van der Waals surface area (Å²) in [5.74, 6) is 1.18. The van der Waals surface area contributed by atoms with Crippen molar-refractivity contribution in [1.82, 2.24) is 5.43 Å². The average Bonchev–Trinajstić information content (AvgIpc) is 2.79. The summed E-state index contributed by atoms with van der Waals surface area (Å²) in [7, 11) is 0. The second kappa shape index (κ2) is 11.8. The van der Waals surface area contributed by atoms with Gasteiger partial charge in [0.1, 0.15) is 18.1 Å². The second-order valence-corrected chi connectivity index (χ2v) is 7.35. The molecule has 1 amide bonds. The fraction of sp³-hybridized carbons (Fsp3) is 0.200. The number of amides is 1. The topological polar surface area (TPSA) is 59.9 Å². The summed E-state index contributed by atoms with van der Waals surface area (Å²) >= 11 is 5.90. The quantitative estimate of drug-likeness (QED) is 0.246. The predicted molar refractivity (Wildman–Crippen MR) is 124 cm³/mol. The van der Waals surface area contributed by atoms with Crippen molar-refractivity contribution < 1.29 is 14.3 Å². The molecule has 0 bridgehead atoms. The van der Waals surface area contributed by atoms with Gasteiger partial charge in [0.25, 0.3) is 5.91 Å². The number of carbonyl (C=O) groups is 1. The van der Waals surface area contributed by atoms with E-state index in [9.17, 15) is 4.79 Å². The lowest BCUT2D eigenvalue weighted by molar-refractivity contribution is 0.0955. The summed E-state index contributed by atoms with van der Waals surface area (Å²) < 4.78 is 11.4. The van der Waals surface area contributed by atoms with Crippen molar-refractivity contribution in [1.29, 1.82) is 0 Å². The van der Waals surface area contributed by atoms with Gasteiger partial charge in [-0.1, -0.05) is 49.2 Å². The Morgan fingerprint density at radius 1 is 1.00 bits per heavy atom. The lowest BCUT2D eigenvalue weighted by Gasteiger charge is -2.07. The molecule has 0 aliphatic rings. The maximum Gasteiger partial charge on any atom is 0.271 e. The van der Waals surface area contributed by atoms with Crippen molar-refractivity contribution in [3.63, 3.8) is 0 Å². The molecule has 3 aromatic rings. The van der Waals surface area contributed by atoms with Gasteiger partial charge in [-0.25, -0.2) is 5.43 Å². The first-order valence-electron chi connectivity index (χ1n) is 10.2. The highest BCUT2D eigenvalue weighted by atomic mass is 35.5.